The highest BCUT2D eigenvalue weighted by atomic mass is 16.6. The molecule has 1 heterocycles. The Hall–Kier alpha value is -2.36. The molecule has 0 radical (unpaired) electrons. The molecule has 1 aliphatic heterocycles. The fourth-order valence-corrected chi connectivity index (χ4v) is 2.91. The van der Waals surface area contributed by atoms with Crippen LogP contribution in [0.25, 0.3) is 0 Å². The van der Waals surface area contributed by atoms with E-state index in [1.165, 1.54) is 16.8 Å². The van der Waals surface area contributed by atoms with Gasteiger partial charge < -0.3 is 4.90 Å². The third kappa shape index (κ3) is 2.89. The number of aryl methyl sites for hydroxylation is 2. The molecule has 1 aliphatic rings. The molecular formula is C17H18N2O2. The van der Waals surface area contributed by atoms with Crippen molar-refractivity contribution in [3.8, 4) is 0 Å². The second-order valence-corrected chi connectivity index (χ2v) is 5.58. The molecule has 0 fully saturated rings. The van der Waals surface area contributed by atoms with Crippen molar-refractivity contribution >= 4 is 11.4 Å². The Morgan fingerprint density at radius 1 is 1.19 bits per heavy atom. The summed E-state index contributed by atoms with van der Waals surface area (Å²) < 4.78 is 0. The van der Waals surface area contributed by atoms with Gasteiger partial charge >= 0.3 is 0 Å². The molecule has 3 rings (SSSR count). The minimum absolute atomic E-state index is 0.147. The second kappa shape index (κ2) is 5.56. The van der Waals surface area contributed by atoms with E-state index < -0.39 is 0 Å². The van der Waals surface area contributed by atoms with E-state index in [0.717, 1.165) is 31.5 Å². The molecule has 4 heteroatoms. The van der Waals surface area contributed by atoms with Gasteiger partial charge in [-0.1, -0.05) is 29.8 Å². The summed E-state index contributed by atoms with van der Waals surface area (Å²) in [6.45, 7) is 3.96. The van der Waals surface area contributed by atoms with E-state index >= 15 is 0 Å². The smallest absolute Gasteiger partial charge is 0.269 e. The summed E-state index contributed by atoms with van der Waals surface area (Å²) in [7, 11) is 0. The first-order valence-electron chi connectivity index (χ1n) is 7.21. The summed E-state index contributed by atoms with van der Waals surface area (Å²) in [4.78, 5) is 12.7. The third-order valence-corrected chi connectivity index (χ3v) is 3.97. The Morgan fingerprint density at radius 3 is 2.67 bits per heavy atom. The predicted octanol–water partition coefficient (Wildman–Crippen LogP) is 3.86. The number of anilines is 1. The van der Waals surface area contributed by atoms with Gasteiger partial charge in [-0.05, 0) is 37.0 Å². The Bertz CT molecular complexity index is 665. The molecule has 0 unspecified atom stereocenters. The fourth-order valence-electron chi connectivity index (χ4n) is 2.91. The van der Waals surface area contributed by atoms with Crippen LogP contribution in [0.4, 0.5) is 11.4 Å². The quantitative estimate of drug-likeness (QED) is 0.634. The van der Waals surface area contributed by atoms with Gasteiger partial charge in [-0.2, -0.15) is 0 Å². The van der Waals surface area contributed by atoms with Crippen molar-refractivity contribution in [1.82, 2.24) is 0 Å². The maximum absolute atomic E-state index is 10.7. The molecule has 2 aromatic rings. The average Bonchev–Trinajstić information content (AvgIpc) is 2.47. The van der Waals surface area contributed by atoms with Crippen molar-refractivity contribution < 1.29 is 4.92 Å². The molecule has 0 aromatic heterocycles. The van der Waals surface area contributed by atoms with Gasteiger partial charge in [-0.3, -0.25) is 10.1 Å². The lowest BCUT2D eigenvalue weighted by Crippen LogP contribution is -2.28. The predicted molar refractivity (Wildman–Crippen MR) is 83.6 cm³/mol. The Labute approximate surface area is 124 Å². The van der Waals surface area contributed by atoms with Crippen LogP contribution in [0.1, 0.15) is 23.1 Å². The molecule has 0 spiro atoms. The Kier molecular flexibility index (Phi) is 3.60. The average molecular weight is 282 g/mol. The third-order valence-electron chi connectivity index (χ3n) is 3.97. The highest BCUT2D eigenvalue weighted by Crippen LogP contribution is 2.29. The van der Waals surface area contributed by atoms with Gasteiger partial charge in [0.2, 0.25) is 0 Å². The minimum Gasteiger partial charge on any atom is -0.367 e. The number of rotatable bonds is 3. The molecule has 21 heavy (non-hydrogen) atoms. The Balaban J connectivity index is 1.81. The van der Waals surface area contributed by atoms with Crippen LogP contribution >= 0.6 is 0 Å². The fraction of sp³-hybridized carbons (Fsp3) is 0.294. The maximum atomic E-state index is 10.7. The zero-order valence-electron chi connectivity index (χ0n) is 12.1. The zero-order chi connectivity index (χ0) is 14.8. The van der Waals surface area contributed by atoms with Crippen molar-refractivity contribution in [2.75, 3.05) is 11.4 Å². The van der Waals surface area contributed by atoms with E-state index in [0.29, 0.717) is 0 Å². The molecule has 0 N–H and O–H groups in total. The highest BCUT2D eigenvalue weighted by molar-refractivity contribution is 5.57. The number of benzene rings is 2. The molecule has 0 saturated heterocycles. The van der Waals surface area contributed by atoms with Crippen LogP contribution < -0.4 is 4.90 Å². The molecule has 0 saturated carbocycles. The van der Waals surface area contributed by atoms with Crippen molar-refractivity contribution in [2.24, 2.45) is 0 Å². The number of non-ortho nitro benzene ring substituents is 1. The van der Waals surface area contributed by atoms with Crippen LogP contribution in [0.5, 0.6) is 0 Å². The first-order chi connectivity index (χ1) is 10.1. The standard InChI is InChI=1S/C17H18N2O2/c1-13-4-9-17-15(11-13)3-2-10-18(17)12-14-5-7-16(8-6-14)19(20)21/h4-9,11H,2-3,10,12H2,1H3. The topological polar surface area (TPSA) is 46.4 Å². The van der Waals surface area contributed by atoms with Crippen molar-refractivity contribution in [2.45, 2.75) is 26.3 Å². The molecule has 0 aliphatic carbocycles. The van der Waals surface area contributed by atoms with E-state index in [4.69, 9.17) is 0 Å². The second-order valence-electron chi connectivity index (χ2n) is 5.58. The summed E-state index contributed by atoms with van der Waals surface area (Å²) in [5, 5.41) is 10.7. The van der Waals surface area contributed by atoms with Crippen molar-refractivity contribution in [3.05, 3.63) is 69.3 Å². The molecule has 2 aromatic carbocycles. The summed E-state index contributed by atoms with van der Waals surface area (Å²) in [6, 6.07) is 13.4. The number of hydrogen-bond donors (Lipinski definition) is 0. The number of hydrogen-bond acceptors (Lipinski definition) is 3. The van der Waals surface area contributed by atoms with E-state index in [2.05, 4.69) is 30.0 Å². The van der Waals surface area contributed by atoms with Crippen LogP contribution in [0.2, 0.25) is 0 Å². The van der Waals surface area contributed by atoms with Crippen LogP contribution in [0.3, 0.4) is 0 Å². The lowest BCUT2D eigenvalue weighted by molar-refractivity contribution is -0.384. The lowest BCUT2D eigenvalue weighted by atomic mass is 9.99. The molecule has 108 valence electrons. The molecule has 4 nitrogen and oxygen atoms in total. The summed E-state index contributed by atoms with van der Waals surface area (Å²) >= 11 is 0. The van der Waals surface area contributed by atoms with Crippen molar-refractivity contribution in [3.63, 3.8) is 0 Å². The van der Waals surface area contributed by atoms with Gasteiger partial charge in [0, 0.05) is 30.9 Å². The van der Waals surface area contributed by atoms with Gasteiger partial charge in [-0.15, -0.1) is 0 Å². The maximum Gasteiger partial charge on any atom is 0.269 e. The number of nitrogens with zero attached hydrogens (tertiary/aromatic N) is 2. The van der Waals surface area contributed by atoms with Gasteiger partial charge in [0.05, 0.1) is 4.92 Å². The monoisotopic (exact) mass is 282 g/mol. The van der Waals surface area contributed by atoms with Gasteiger partial charge in [-0.25, -0.2) is 0 Å². The molecular weight excluding hydrogens is 264 g/mol. The molecule has 0 bridgehead atoms. The normalized spacial score (nSPS) is 13.9. The summed E-state index contributed by atoms with van der Waals surface area (Å²) in [5.74, 6) is 0. The number of nitro groups is 1. The molecule has 0 amide bonds. The summed E-state index contributed by atoms with van der Waals surface area (Å²) in [6.07, 6.45) is 2.29. The van der Waals surface area contributed by atoms with Crippen LogP contribution in [-0.4, -0.2) is 11.5 Å². The van der Waals surface area contributed by atoms with Crippen LogP contribution in [0.15, 0.2) is 42.5 Å². The van der Waals surface area contributed by atoms with E-state index in [9.17, 15) is 10.1 Å². The van der Waals surface area contributed by atoms with Crippen LogP contribution in [-0.2, 0) is 13.0 Å². The van der Waals surface area contributed by atoms with Gasteiger partial charge in [0.15, 0.2) is 0 Å². The lowest BCUT2D eigenvalue weighted by Gasteiger charge is -2.31. The van der Waals surface area contributed by atoms with Crippen LogP contribution in [0, 0.1) is 17.0 Å². The summed E-state index contributed by atoms with van der Waals surface area (Å²) in [5.41, 5.74) is 5.25. The first-order valence-corrected chi connectivity index (χ1v) is 7.21. The van der Waals surface area contributed by atoms with E-state index in [-0.39, 0.29) is 10.6 Å². The van der Waals surface area contributed by atoms with E-state index in [1.807, 2.05) is 12.1 Å². The Morgan fingerprint density at radius 2 is 1.95 bits per heavy atom. The van der Waals surface area contributed by atoms with Gasteiger partial charge in [0.1, 0.15) is 0 Å². The highest BCUT2D eigenvalue weighted by Gasteiger charge is 2.17. The first kappa shape index (κ1) is 13.6. The largest absolute Gasteiger partial charge is 0.367 e. The molecule has 0 atom stereocenters. The van der Waals surface area contributed by atoms with Gasteiger partial charge in [0.25, 0.3) is 5.69 Å². The van der Waals surface area contributed by atoms with E-state index in [1.54, 1.807) is 12.1 Å². The number of nitro benzene ring substituents is 1. The minimum atomic E-state index is -0.358. The zero-order valence-corrected chi connectivity index (χ0v) is 12.1. The van der Waals surface area contributed by atoms with Crippen molar-refractivity contribution in [1.29, 1.82) is 0 Å². The number of fused-ring (bicyclic) bond motifs is 1. The SMILES string of the molecule is Cc1ccc2c(c1)CCCN2Cc1ccc([N+](=O)[O-])cc1.